The first kappa shape index (κ1) is 19.1. The van der Waals surface area contributed by atoms with E-state index in [1.54, 1.807) is 0 Å². The maximum atomic E-state index is 13.1. The van der Waals surface area contributed by atoms with E-state index in [-0.39, 0.29) is 5.43 Å². The number of hydrogen-bond donors (Lipinski definition) is 1. The van der Waals surface area contributed by atoms with Gasteiger partial charge in [-0.2, -0.15) is 26.0 Å². The Balaban J connectivity index is 2.57. The number of halogens is 4. The quantitative estimate of drug-likeness (QED) is 0.440. The molecule has 1 aromatic heterocycles. The molecule has 0 aliphatic heterocycles. The molecule has 1 rings (SSSR count). The van der Waals surface area contributed by atoms with Crippen LogP contribution in [-0.2, 0) is 26.2 Å². The highest BCUT2D eigenvalue weighted by Gasteiger charge is 2.65. The van der Waals surface area contributed by atoms with Crippen LogP contribution in [0.15, 0.2) is 29.3 Å². The lowest BCUT2D eigenvalue weighted by atomic mass is 10.2. The van der Waals surface area contributed by atoms with Gasteiger partial charge in [0.2, 0.25) is 0 Å². The van der Waals surface area contributed by atoms with E-state index in [0.29, 0.717) is 0 Å². The Hall–Kier alpha value is -1.95. The fraction of sp³-hybridized carbons (Fsp3) is 0.455. The highest BCUT2D eigenvalue weighted by atomic mass is 32.2. The average molecular weight is 361 g/mol. The van der Waals surface area contributed by atoms with Crippen LogP contribution < -0.4 is 5.43 Å². The average Bonchev–Trinajstić information content (AvgIpc) is 2.39. The molecular formula is C11H11F4NO6S. The summed E-state index contributed by atoms with van der Waals surface area (Å²) in [6, 6.07) is 2.24. The maximum Gasteiger partial charge on any atom is 0.431 e. The lowest BCUT2D eigenvalue weighted by molar-refractivity contribution is -0.174. The standard InChI is InChI=1S/C11H11F4NO6S/c12-10(13,11(14,15)23(19,20)21)3-6-22-9(18)7-16-4-1-8(17)2-5-16/h1-2,4-5H,3,6-7H2,(H,19,20,21). The highest BCUT2D eigenvalue weighted by molar-refractivity contribution is 7.87. The Morgan fingerprint density at radius 3 is 2.22 bits per heavy atom. The SMILES string of the molecule is O=C(Cn1ccc(=O)cc1)OCCC(F)(F)C(F)(F)S(=O)(=O)O. The maximum absolute atomic E-state index is 13.1. The summed E-state index contributed by atoms with van der Waals surface area (Å²) in [7, 11) is -6.32. The number of alkyl halides is 4. The van der Waals surface area contributed by atoms with E-state index in [9.17, 15) is 35.6 Å². The summed E-state index contributed by atoms with van der Waals surface area (Å²) in [4.78, 5) is 22.1. The van der Waals surface area contributed by atoms with Gasteiger partial charge in [-0.1, -0.05) is 0 Å². The van der Waals surface area contributed by atoms with Gasteiger partial charge in [-0.25, -0.2) is 0 Å². The normalized spacial score (nSPS) is 12.9. The van der Waals surface area contributed by atoms with Crippen molar-refractivity contribution in [2.75, 3.05) is 6.61 Å². The van der Waals surface area contributed by atoms with Gasteiger partial charge in [0.05, 0.1) is 13.0 Å². The molecule has 12 heteroatoms. The summed E-state index contributed by atoms with van der Waals surface area (Å²) in [5, 5.41) is -5.70. The molecule has 23 heavy (non-hydrogen) atoms. The summed E-state index contributed by atoms with van der Waals surface area (Å²) in [6.07, 6.45) is 0.616. The smallest absolute Gasteiger partial charge is 0.431 e. The Morgan fingerprint density at radius 1 is 1.22 bits per heavy atom. The van der Waals surface area contributed by atoms with Crippen LogP contribution in [0.1, 0.15) is 6.42 Å². The lowest BCUT2D eigenvalue weighted by Crippen LogP contribution is -2.47. The molecule has 0 saturated carbocycles. The first-order chi connectivity index (χ1) is 10.4. The molecule has 1 heterocycles. The molecule has 0 bridgehead atoms. The molecule has 0 amide bonds. The predicted octanol–water partition coefficient (Wildman–Crippen LogP) is 0.898. The molecule has 0 aliphatic carbocycles. The van der Waals surface area contributed by atoms with E-state index in [0.717, 1.165) is 12.1 Å². The molecule has 0 radical (unpaired) electrons. The van der Waals surface area contributed by atoms with Crippen molar-refractivity contribution < 1.29 is 40.1 Å². The number of esters is 1. The van der Waals surface area contributed by atoms with Gasteiger partial charge < -0.3 is 9.30 Å². The third-order valence-corrected chi connectivity index (χ3v) is 3.55. The Bertz CT molecular complexity index is 710. The fourth-order valence-corrected chi connectivity index (χ4v) is 1.85. The van der Waals surface area contributed by atoms with Crippen molar-refractivity contribution in [3.8, 4) is 0 Å². The van der Waals surface area contributed by atoms with Crippen molar-refractivity contribution in [2.45, 2.75) is 24.1 Å². The van der Waals surface area contributed by atoms with Gasteiger partial charge in [0, 0.05) is 24.5 Å². The van der Waals surface area contributed by atoms with Crippen molar-refractivity contribution in [3.63, 3.8) is 0 Å². The topological polar surface area (TPSA) is 103 Å². The van der Waals surface area contributed by atoms with Crippen LogP contribution in [0.3, 0.4) is 0 Å². The third kappa shape index (κ3) is 4.76. The van der Waals surface area contributed by atoms with Gasteiger partial charge in [-0.15, -0.1) is 0 Å². The van der Waals surface area contributed by atoms with Crippen molar-refractivity contribution in [1.82, 2.24) is 4.57 Å². The fourth-order valence-electron chi connectivity index (χ4n) is 1.37. The summed E-state index contributed by atoms with van der Waals surface area (Å²) in [5.74, 6) is -6.20. The van der Waals surface area contributed by atoms with Crippen LogP contribution in [0.5, 0.6) is 0 Å². The summed E-state index contributed by atoms with van der Waals surface area (Å²) >= 11 is 0. The number of aromatic nitrogens is 1. The lowest BCUT2D eigenvalue weighted by Gasteiger charge is -2.23. The van der Waals surface area contributed by atoms with E-state index < -0.39 is 46.8 Å². The van der Waals surface area contributed by atoms with Gasteiger partial charge in [-0.3, -0.25) is 14.1 Å². The van der Waals surface area contributed by atoms with Crippen LogP contribution in [0.4, 0.5) is 17.6 Å². The second kappa shape index (κ2) is 6.66. The summed E-state index contributed by atoms with van der Waals surface area (Å²) < 4.78 is 86.0. The summed E-state index contributed by atoms with van der Waals surface area (Å²) in [5.41, 5.74) is -0.332. The summed E-state index contributed by atoms with van der Waals surface area (Å²) in [6.45, 7) is -1.67. The number of ether oxygens (including phenoxy) is 1. The second-order valence-corrected chi connectivity index (χ2v) is 5.84. The van der Waals surface area contributed by atoms with E-state index in [1.165, 1.54) is 17.0 Å². The molecule has 130 valence electrons. The van der Waals surface area contributed by atoms with Crippen LogP contribution in [0, 0.1) is 0 Å². The van der Waals surface area contributed by atoms with E-state index in [2.05, 4.69) is 4.74 Å². The number of carbonyl (C=O) groups excluding carboxylic acids is 1. The zero-order valence-corrected chi connectivity index (χ0v) is 12.1. The van der Waals surface area contributed by atoms with E-state index in [4.69, 9.17) is 4.55 Å². The molecule has 0 aromatic carbocycles. The number of hydrogen-bond acceptors (Lipinski definition) is 5. The molecule has 0 saturated heterocycles. The van der Waals surface area contributed by atoms with Crippen molar-refractivity contribution in [2.24, 2.45) is 0 Å². The monoisotopic (exact) mass is 361 g/mol. The highest BCUT2D eigenvalue weighted by Crippen LogP contribution is 2.40. The Morgan fingerprint density at radius 2 is 1.74 bits per heavy atom. The molecule has 0 aliphatic rings. The number of carbonyl (C=O) groups is 1. The molecule has 0 unspecified atom stereocenters. The number of nitrogens with zero attached hydrogens (tertiary/aromatic N) is 1. The van der Waals surface area contributed by atoms with Crippen molar-refractivity contribution in [1.29, 1.82) is 0 Å². The predicted molar refractivity (Wildman–Crippen MR) is 67.7 cm³/mol. The molecular weight excluding hydrogens is 350 g/mol. The minimum absolute atomic E-state index is 0.332. The molecule has 0 fully saturated rings. The van der Waals surface area contributed by atoms with Crippen molar-refractivity contribution >= 4 is 16.1 Å². The third-order valence-electron chi connectivity index (χ3n) is 2.60. The first-order valence-corrected chi connectivity index (χ1v) is 7.35. The second-order valence-electron chi connectivity index (χ2n) is 4.37. The minimum Gasteiger partial charge on any atom is -0.464 e. The van der Waals surface area contributed by atoms with Gasteiger partial charge in [0.25, 0.3) is 0 Å². The van der Waals surface area contributed by atoms with Gasteiger partial charge >= 0.3 is 27.3 Å². The first-order valence-electron chi connectivity index (χ1n) is 5.91. The van der Waals surface area contributed by atoms with Crippen LogP contribution in [0.2, 0.25) is 0 Å². The van der Waals surface area contributed by atoms with Gasteiger partial charge in [-0.05, 0) is 0 Å². The van der Waals surface area contributed by atoms with Gasteiger partial charge in [0.1, 0.15) is 6.54 Å². The Labute approximate surface area is 127 Å². The van der Waals surface area contributed by atoms with Crippen molar-refractivity contribution in [3.05, 3.63) is 34.7 Å². The zero-order valence-electron chi connectivity index (χ0n) is 11.3. The number of pyridine rings is 1. The van der Waals surface area contributed by atoms with Gasteiger partial charge in [0.15, 0.2) is 5.43 Å². The van der Waals surface area contributed by atoms with Crippen LogP contribution in [0.25, 0.3) is 0 Å². The van der Waals surface area contributed by atoms with E-state index >= 15 is 0 Å². The molecule has 7 nitrogen and oxygen atoms in total. The molecule has 0 atom stereocenters. The van der Waals surface area contributed by atoms with Crippen LogP contribution in [-0.4, -0.2) is 41.3 Å². The zero-order chi connectivity index (χ0) is 17.9. The molecule has 1 aromatic rings. The van der Waals surface area contributed by atoms with Crippen LogP contribution >= 0.6 is 0 Å². The van der Waals surface area contributed by atoms with E-state index in [1.807, 2.05) is 0 Å². The molecule has 1 N–H and O–H groups in total. The largest absolute Gasteiger partial charge is 0.464 e. The number of rotatable bonds is 7. The minimum atomic E-state index is -6.32. The molecule has 0 spiro atoms. The Kier molecular flexibility index (Phi) is 5.53.